The summed E-state index contributed by atoms with van der Waals surface area (Å²) in [5, 5.41) is 0. The quantitative estimate of drug-likeness (QED) is 0.693. The smallest absolute Gasteiger partial charge is 0.306 e. The molecule has 1 aliphatic rings. The zero-order valence-electron chi connectivity index (χ0n) is 12.0. The van der Waals surface area contributed by atoms with Gasteiger partial charge in [-0.05, 0) is 36.5 Å². The lowest BCUT2D eigenvalue weighted by molar-refractivity contribution is -0.156. The number of hydrogen-bond donors (Lipinski definition) is 0. The molecule has 0 bridgehead atoms. The van der Waals surface area contributed by atoms with E-state index in [4.69, 9.17) is 4.74 Å². The predicted octanol–water partition coefficient (Wildman–Crippen LogP) is 4.04. The van der Waals surface area contributed by atoms with Crippen LogP contribution >= 0.6 is 0 Å². The van der Waals surface area contributed by atoms with Crippen LogP contribution in [0.25, 0.3) is 0 Å². The maximum Gasteiger partial charge on any atom is 0.306 e. The minimum atomic E-state index is -0.00949. The lowest BCUT2D eigenvalue weighted by Gasteiger charge is -2.36. The van der Waals surface area contributed by atoms with Gasteiger partial charge in [0.2, 0.25) is 0 Å². The van der Waals surface area contributed by atoms with Gasteiger partial charge < -0.3 is 4.74 Å². The van der Waals surface area contributed by atoms with Crippen molar-refractivity contribution in [1.82, 2.24) is 0 Å². The molecule has 0 aromatic heterocycles. The van der Waals surface area contributed by atoms with Crippen LogP contribution < -0.4 is 0 Å². The second-order valence-electron chi connectivity index (χ2n) is 6.45. The Labute approximate surface area is 106 Å². The zero-order chi connectivity index (χ0) is 13.0. The van der Waals surface area contributed by atoms with Crippen molar-refractivity contribution >= 4 is 5.97 Å². The van der Waals surface area contributed by atoms with E-state index in [1.54, 1.807) is 0 Å². The molecular formula is C15H28O2. The molecule has 1 fully saturated rings. The molecule has 0 unspecified atom stereocenters. The first kappa shape index (κ1) is 14.5. The Morgan fingerprint density at radius 3 is 2.41 bits per heavy atom. The molecule has 0 aromatic carbocycles. The molecule has 0 aromatic rings. The van der Waals surface area contributed by atoms with Gasteiger partial charge >= 0.3 is 5.97 Å². The van der Waals surface area contributed by atoms with Crippen molar-refractivity contribution in [1.29, 1.82) is 0 Å². The zero-order valence-corrected chi connectivity index (χ0v) is 12.0. The van der Waals surface area contributed by atoms with Crippen molar-refractivity contribution in [3.63, 3.8) is 0 Å². The van der Waals surface area contributed by atoms with Gasteiger partial charge in [0.05, 0.1) is 0 Å². The molecule has 0 N–H and O–H groups in total. The van der Waals surface area contributed by atoms with E-state index in [0.29, 0.717) is 30.1 Å². The van der Waals surface area contributed by atoms with Crippen LogP contribution in [-0.4, -0.2) is 12.1 Å². The topological polar surface area (TPSA) is 26.3 Å². The van der Waals surface area contributed by atoms with Crippen LogP contribution in [0.15, 0.2) is 0 Å². The molecule has 1 aliphatic carbocycles. The number of carbonyl (C=O) groups excluding carboxylic acids is 1. The SMILES string of the molecule is CC(C)CC(=O)O[C@@H]1C[C@H](C)CC[C@H]1C(C)C. The average Bonchev–Trinajstić information content (AvgIpc) is 2.15. The van der Waals surface area contributed by atoms with Crippen LogP contribution in [0.3, 0.4) is 0 Å². The highest BCUT2D eigenvalue weighted by molar-refractivity contribution is 5.69. The summed E-state index contributed by atoms with van der Waals surface area (Å²) in [5.41, 5.74) is 0. The molecule has 100 valence electrons. The van der Waals surface area contributed by atoms with E-state index in [1.807, 2.05) is 0 Å². The monoisotopic (exact) mass is 240 g/mol. The summed E-state index contributed by atoms with van der Waals surface area (Å²) in [7, 11) is 0. The fourth-order valence-electron chi connectivity index (χ4n) is 2.80. The Bertz CT molecular complexity index is 245. The average molecular weight is 240 g/mol. The van der Waals surface area contributed by atoms with Gasteiger partial charge in [-0.15, -0.1) is 0 Å². The van der Waals surface area contributed by atoms with Gasteiger partial charge in [-0.2, -0.15) is 0 Å². The summed E-state index contributed by atoms with van der Waals surface area (Å²) in [6.07, 6.45) is 4.24. The summed E-state index contributed by atoms with van der Waals surface area (Å²) < 4.78 is 5.71. The molecule has 2 heteroatoms. The number of esters is 1. The summed E-state index contributed by atoms with van der Waals surface area (Å²) in [6.45, 7) is 10.9. The molecule has 0 radical (unpaired) electrons. The molecule has 0 aliphatic heterocycles. The van der Waals surface area contributed by atoms with Gasteiger partial charge in [0, 0.05) is 6.42 Å². The highest BCUT2D eigenvalue weighted by Gasteiger charge is 2.33. The lowest BCUT2D eigenvalue weighted by atomic mass is 9.75. The van der Waals surface area contributed by atoms with E-state index in [-0.39, 0.29) is 12.1 Å². The molecule has 17 heavy (non-hydrogen) atoms. The third-order valence-electron chi connectivity index (χ3n) is 3.82. The molecule has 0 amide bonds. The first-order chi connectivity index (χ1) is 7.90. The van der Waals surface area contributed by atoms with E-state index < -0.39 is 0 Å². The summed E-state index contributed by atoms with van der Waals surface area (Å²) in [4.78, 5) is 11.8. The van der Waals surface area contributed by atoms with E-state index in [9.17, 15) is 4.79 Å². The Hall–Kier alpha value is -0.530. The predicted molar refractivity (Wildman–Crippen MR) is 70.7 cm³/mol. The maximum absolute atomic E-state index is 11.8. The second kappa shape index (κ2) is 6.42. The summed E-state index contributed by atoms with van der Waals surface area (Å²) in [6, 6.07) is 0. The van der Waals surface area contributed by atoms with Gasteiger partial charge in [-0.25, -0.2) is 0 Å². The van der Waals surface area contributed by atoms with Gasteiger partial charge in [-0.3, -0.25) is 4.79 Å². The van der Waals surface area contributed by atoms with Crippen molar-refractivity contribution in [2.75, 3.05) is 0 Å². The van der Waals surface area contributed by atoms with Crippen molar-refractivity contribution in [2.45, 2.75) is 66.4 Å². The van der Waals surface area contributed by atoms with Gasteiger partial charge in [-0.1, -0.05) is 41.0 Å². The van der Waals surface area contributed by atoms with Gasteiger partial charge in [0.1, 0.15) is 6.10 Å². The fourth-order valence-corrected chi connectivity index (χ4v) is 2.80. The third kappa shape index (κ3) is 4.69. The van der Waals surface area contributed by atoms with Crippen molar-refractivity contribution < 1.29 is 9.53 Å². The van der Waals surface area contributed by atoms with Crippen molar-refractivity contribution in [3.05, 3.63) is 0 Å². The molecule has 0 spiro atoms. The fraction of sp³-hybridized carbons (Fsp3) is 0.933. The van der Waals surface area contributed by atoms with Crippen molar-refractivity contribution in [3.8, 4) is 0 Å². The van der Waals surface area contributed by atoms with Crippen LogP contribution in [0, 0.1) is 23.7 Å². The lowest BCUT2D eigenvalue weighted by Crippen LogP contribution is -2.36. The van der Waals surface area contributed by atoms with Gasteiger partial charge in [0.25, 0.3) is 0 Å². The van der Waals surface area contributed by atoms with Crippen LogP contribution in [0.1, 0.15) is 60.3 Å². The van der Waals surface area contributed by atoms with Crippen LogP contribution in [-0.2, 0) is 9.53 Å². The first-order valence-electron chi connectivity index (χ1n) is 7.09. The Kier molecular flexibility index (Phi) is 5.48. The molecule has 0 heterocycles. The Morgan fingerprint density at radius 2 is 1.88 bits per heavy atom. The van der Waals surface area contributed by atoms with Crippen molar-refractivity contribution in [2.24, 2.45) is 23.7 Å². The minimum absolute atomic E-state index is 0.00949. The van der Waals surface area contributed by atoms with Crippen LogP contribution in [0.2, 0.25) is 0 Å². The standard InChI is InChI=1S/C15H28O2/c1-10(2)8-15(16)17-14-9-12(5)6-7-13(14)11(3)4/h10-14H,6-9H2,1-5H3/t12-,13+,14-/m1/s1. The van der Waals surface area contributed by atoms with Crippen LogP contribution in [0.4, 0.5) is 0 Å². The summed E-state index contributed by atoms with van der Waals surface area (Å²) >= 11 is 0. The molecule has 1 saturated carbocycles. The molecule has 3 atom stereocenters. The highest BCUT2D eigenvalue weighted by Crippen LogP contribution is 2.35. The molecular weight excluding hydrogens is 212 g/mol. The minimum Gasteiger partial charge on any atom is -0.462 e. The first-order valence-corrected chi connectivity index (χ1v) is 7.09. The molecule has 2 nitrogen and oxygen atoms in total. The third-order valence-corrected chi connectivity index (χ3v) is 3.82. The van der Waals surface area contributed by atoms with E-state index >= 15 is 0 Å². The number of ether oxygens (including phenoxy) is 1. The van der Waals surface area contributed by atoms with E-state index in [0.717, 1.165) is 6.42 Å². The van der Waals surface area contributed by atoms with E-state index in [2.05, 4.69) is 34.6 Å². The Balaban J connectivity index is 2.54. The van der Waals surface area contributed by atoms with Crippen LogP contribution in [0.5, 0.6) is 0 Å². The van der Waals surface area contributed by atoms with E-state index in [1.165, 1.54) is 12.8 Å². The maximum atomic E-state index is 11.8. The molecule has 0 saturated heterocycles. The van der Waals surface area contributed by atoms with Gasteiger partial charge in [0.15, 0.2) is 0 Å². The Morgan fingerprint density at radius 1 is 1.24 bits per heavy atom. The molecule has 1 rings (SSSR count). The second-order valence-corrected chi connectivity index (χ2v) is 6.45. The normalized spacial score (nSPS) is 29.7. The number of rotatable bonds is 4. The number of carbonyl (C=O) groups is 1. The summed E-state index contributed by atoms with van der Waals surface area (Å²) in [5.74, 6) is 2.24. The highest BCUT2D eigenvalue weighted by atomic mass is 16.5. The largest absolute Gasteiger partial charge is 0.462 e. The number of hydrogen-bond acceptors (Lipinski definition) is 2.